The summed E-state index contributed by atoms with van der Waals surface area (Å²) >= 11 is 0. The van der Waals surface area contributed by atoms with Crippen molar-refractivity contribution in [3.63, 3.8) is 0 Å². The molecule has 0 aliphatic rings. The zero-order valence-electron chi connectivity index (χ0n) is 17.5. The Balaban J connectivity index is 2.39. The van der Waals surface area contributed by atoms with Crippen molar-refractivity contribution < 1.29 is 25.2 Å². The second-order valence-corrected chi connectivity index (χ2v) is 7.47. The van der Waals surface area contributed by atoms with E-state index in [9.17, 15) is 25.2 Å². The number of hydrogen-bond donors (Lipinski definition) is 4. The van der Waals surface area contributed by atoms with Crippen molar-refractivity contribution in [3.8, 4) is 23.0 Å². The van der Waals surface area contributed by atoms with Crippen LogP contribution < -0.4 is 0 Å². The Hall–Kier alpha value is -3.47. The Kier molecular flexibility index (Phi) is 7.87. The molecule has 2 aromatic rings. The summed E-state index contributed by atoms with van der Waals surface area (Å²) in [5.74, 6) is -3.78. The second-order valence-electron chi connectivity index (χ2n) is 7.47. The molecular formula is C25H28O5. The van der Waals surface area contributed by atoms with Crippen molar-refractivity contribution >= 4 is 11.9 Å². The molecule has 0 saturated carbocycles. The molecule has 0 aromatic heterocycles. The molecule has 5 heteroatoms. The van der Waals surface area contributed by atoms with Crippen LogP contribution in [0.4, 0.5) is 0 Å². The maximum Gasteiger partial charge on any atom is 0.205 e. The average molecular weight is 408 g/mol. The van der Waals surface area contributed by atoms with Crippen LogP contribution in [0.5, 0.6) is 23.0 Å². The number of allylic oxidation sites excluding steroid dienone is 5. The topological polar surface area (TPSA) is 98.0 Å². The van der Waals surface area contributed by atoms with Crippen molar-refractivity contribution in [1.29, 1.82) is 0 Å². The normalized spacial score (nSPS) is 12.0. The number of hydrogen-bond acceptors (Lipinski definition) is 5. The molecule has 2 rings (SSSR count). The number of rotatable bonds is 8. The minimum absolute atomic E-state index is 0.277. The summed E-state index contributed by atoms with van der Waals surface area (Å²) in [5, 5.41) is 39.3. The quantitative estimate of drug-likeness (QED) is 0.144. The number of carbonyl (C=O) groups excluding carboxylic acids is 1. The van der Waals surface area contributed by atoms with E-state index in [0.717, 1.165) is 30.0 Å². The first-order valence-corrected chi connectivity index (χ1v) is 9.76. The van der Waals surface area contributed by atoms with Crippen molar-refractivity contribution in [2.45, 2.75) is 40.0 Å². The highest BCUT2D eigenvalue weighted by molar-refractivity contribution is 6.13. The molecular weight excluding hydrogens is 380 g/mol. The molecule has 0 saturated heterocycles. The minimum Gasteiger partial charge on any atom is -0.504 e. The Morgan fingerprint density at radius 2 is 1.57 bits per heavy atom. The molecule has 0 radical (unpaired) electrons. The van der Waals surface area contributed by atoms with Crippen LogP contribution in [-0.2, 0) is 0 Å². The van der Waals surface area contributed by atoms with Crippen LogP contribution in [0.1, 0.15) is 56.0 Å². The Labute approximate surface area is 177 Å². The largest absolute Gasteiger partial charge is 0.504 e. The number of aromatic hydroxyl groups is 4. The molecule has 0 unspecified atom stereocenters. The van der Waals surface area contributed by atoms with E-state index in [-0.39, 0.29) is 5.56 Å². The Morgan fingerprint density at radius 3 is 2.20 bits per heavy atom. The molecule has 5 nitrogen and oxygen atoms in total. The minimum atomic E-state index is -0.925. The molecule has 0 atom stereocenters. The van der Waals surface area contributed by atoms with E-state index < -0.39 is 28.8 Å². The molecule has 0 heterocycles. The van der Waals surface area contributed by atoms with E-state index in [0.29, 0.717) is 12.0 Å². The van der Waals surface area contributed by atoms with Gasteiger partial charge >= 0.3 is 0 Å². The summed E-state index contributed by atoms with van der Waals surface area (Å²) in [5.41, 5.74) is 3.29. The summed E-state index contributed by atoms with van der Waals surface area (Å²) in [7, 11) is 0. The summed E-state index contributed by atoms with van der Waals surface area (Å²) in [6.45, 7) is 6.10. The highest BCUT2D eigenvalue weighted by Crippen LogP contribution is 2.44. The fourth-order valence-electron chi connectivity index (χ4n) is 2.92. The van der Waals surface area contributed by atoms with Crippen molar-refractivity contribution in [2.75, 3.05) is 0 Å². The van der Waals surface area contributed by atoms with Gasteiger partial charge in [-0.2, -0.15) is 0 Å². The van der Waals surface area contributed by atoms with Gasteiger partial charge < -0.3 is 20.4 Å². The summed E-state index contributed by atoms with van der Waals surface area (Å²) in [6.07, 6.45) is 7.92. The molecule has 0 amide bonds. The van der Waals surface area contributed by atoms with Crippen LogP contribution in [0.2, 0.25) is 0 Å². The monoisotopic (exact) mass is 408 g/mol. The van der Waals surface area contributed by atoms with Crippen LogP contribution in [0.3, 0.4) is 0 Å². The molecule has 0 aliphatic carbocycles. The van der Waals surface area contributed by atoms with E-state index in [1.54, 1.807) is 6.08 Å². The highest BCUT2D eigenvalue weighted by atomic mass is 16.3. The molecule has 30 heavy (non-hydrogen) atoms. The Morgan fingerprint density at radius 1 is 0.900 bits per heavy atom. The lowest BCUT2D eigenvalue weighted by molar-refractivity contribution is 0.102. The van der Waals surface area contributed by atoms with Crippen LogP contribution >= 0.6 is 0 Å². The number of benzene rings is 2. The first-order chi connectivity index (χ1) is 14.2. The SMILES string of the molecule is CC(C)=CCCC(C)=CCC(=Cc1ccccc1)C(=O)c1cc(O)c(O)c(O)c1O. The van der Waals surface area contributed by atoms with Gasteiger partial charge in [-0.3, -0.25) is 4.79 Å². The van der Waals surface area contributed by atoms with Gasteiger partial charge in [-0.25, -0.2) is 0 Å². The van der Waals surface area contributed by atoms with Crippen molar-refractivity contribution in [1.82, 2.24) is 0 Å². The van der Waals surface area contributed by atoms with Crippen molar-refractivity contribution in [2.24, 2.45) is 0 Å². The van der Waals surface area contributed by atoms with Gasteiger partial charge in [0, 0.05) is 5.57 Å². The predicted octanol–water partition coefficient (Wildman–Crippen LogP) is 5.86. The molecule has 4 N–H and O–H groups in total. The molecule has 0 bridgehead atoms. The van der Waals surface area contributed by atoms with Crippen LogP contribution in [0.25, 0.3) is 6.08 Å². The number of ketones is 1. The lowest BCUT2D eigenvalue weighted by Gasteiger charge is -2.11. The van der Waals surface area contributed by atoms with Crippen LogP contribution in [-0.4, -0.2) is 26.2 Å². The third-order valence-electron chi connectivity index (χ3n) is 4.67. The third kappa shape index (κ3) is 6.01. The predicted molar refractivity (Wildman–Crippen MR) is 119 cm³/mol. The third-order valence-corrected chi connectivity index (χ3v) is 4.67. The van der Waals surface area contributed by atoms with Crippen LogP contribution in [0.15, 0.2) is 65.3 Å². The zero-order chi connectivity index (χ0) is 22.3. The first kappa shape index (κ1) is 22.8. The number of carbonyl (C=O) groups is 1. The zero-order valence-corrected chi connectivity index (χ0v) is 17.5. The summed E-state index contributed by atoms with van der Waals surface area (Å²) in [6, 6.07) is 10.2. The maximum absolute atomic E-state index is 13.1. The van der Waals surface area contributed by atoms with E-state index in [1.165, 1.54) is 5.57 Å². The van der Waals surface area contributed by atoms with Crippen LogP contribution in [0, 0.1) is 0 Å². The molecule has 158 valence electrons. The highest BCUT2D eigenvalue weighted by Gasteiger charge is 2.23. The standard InChI is InChI=1S/C25H28O5/c1-16(2)8-7-9-17(3)12-13-19(14-18-10-5-4-6-11-18)22(27)20-15-21(26)24(29)25(30)23(20)28/h4-6,8,10-12,14-15,26,28-30H,7,9,13H2,1-3H3. The number of phenolic OH excluding ortho intramolecular Hbond substituents is 4. The lowest BCUT2D eigenvalue weighted by atomic mass is 9.95. The van der Waals surface area contributed by atoms with Gasteiger partial charge in [0.25, 0.3) is 0 Å². The van der Waals surface area contributed by atoms with Gasteiger partial charge in [-0.1, -0.05) is 53.6 Å². The Bertz CT molecular complexity index is 994. The van der Waals surface area contributed by atoms with Gasteiger partial charge in [-0.05, 0) is 57.7 Å². The van der Waals surface area contributed by atoms with E-state index in [4.69, 9.17) is 0 Å². The van der Waals surface area contributed by atoms with Gasteiger partial charge in [0.1, 0.15) is 0 Å². The lowest BCUT2D eigenvalue weighted by Crippen LogP contribution is -2.04. The first-order valence-electron chi connectivity index (χ1n) is 9.76. The maximum atomic E-state index is 13.1. The van der Waals surface area contributed by atoms with Gasteiger partial charge in [0.2, 0.25) is 11.5 Å². The van der Waals surface area contributed by atoms with Gasteiger partial charge in [0.05, 0.1) is 5.56 Å². The van der Waals surface area contributed by atoms with E-state index in [2.05, 4.69) is 6.08 Å². The summed E-state index contributed by atoms with van der Waals surface area (Å²) in [4.78, 5) is 13.1. The number of phenols is 4. The molecule has 0 spiro atoms. The number of Topliss-reactive ketones (excluding diaryl/α,β-unsaturated/α-hetero) is 1. The molecule has 0 fully saturated rings. The van der Waals surface area contributed by atoms with Gasteiger partial charge in [-0.15, -0.1) is 0 Å². The summed E-state index contributed by atoms with van der Waals surface area (Å²) < 4.78 is 0. The second kappa shape index (κ2) is 10.3. The van der Waals surface area contributed by atoms with E-state index in [1.807, 2.05) is 57.2 Å². The van der Waals surface area contributed by atoms with Crippen molar-refractivity contribution in [3.05, 3.63) is 76.4 Å². The fraction of sp³-hybridized carbons (Fsp3) is 0.240. The van der Waals surface area contributed by atoms with Gasteiger partial charge in [0.15, 0.2) is 17.3 Å². The fourth-order valence-corrected chi connectivity index (χ4v) is 2.92. The smallest absolute Gasteiger partial charge is 0.205 e. The average Bonchev–Trinajstić information content (AvgIpc) is 2.72. The van der Waals surface area contributed by atoms with E-state index >= 15 is 0 Å². The molecule has 0 aliphatic heterocycles. The molecule has 2 aromatic carbocycles.